The number of alkyl halides is 5. The number of likely N-dealkylation sites (tertiary alicyclic amines) is 2. The fourth-order valence-corrected chi connectivity index (χ4v) is 9.72. The molecule has 0 bridgehead atoms. The van der Waals surface area contributed by atoms with Crippen molar-refractivity contribution in [3.63, 3.8) is 0 Å². The van der Waals surface area contributed by atoms with Crippen molar-refractivity contribution in [2.75, 3.05) is 58.9 Å². The van der Waals surface area contributed by atoms with Crippen LogP contribution in [0, 0.1) is 5.92 Å². The highest BCUT2D eigenvalue weighted by Crippen LogP contribution is 2.47. The summed E-state index contributed by atoms with van der Waals surface area (Å²) < 4.78 is 62.7. The van der Waals surface area contributed by atoms with Gasteiger partial charge in [-0.1, -0.05) is 0 Å². The van der Waals surface area contributed by atoms with Crippen molar-refractivity contribution in [2.45, 2.75) is 105 Å². The molecule has 7 rings (SSSR count). The molecule has 5 aliphatic heterocycles. The van der Waals surface area contributed by atoms with Crippen molar-refractivity contribution < 1.29 is 41.5 Å². The van der Waals surface area contributed by atoms with Crippen LogP contribution in [0.25, 0.3) is 0 Å². The van der Waals surface area contributed by atoms with E-state index in [1.165, 1.54) is 4.90 Å². The maximum Gasteiger partial charge on any atom is 0.452 e. The van der Waals surface area contributed by atoms with E-state index in [2.05, 4.69) is 15.1 Å². The lowest BCUT2D eigenvalue weighted by atomic mass is 9.69. The number of nitrogens with zero attached hydrogens (tertiary/aromatic N) is 5. The smallest absolute Gasteiger partial charge is 0.369 e. The Morgan fingerprint density at radius 3 is 2.39 bits per heavy atom. The number of carbonyl (C=O) groups excluding carboxylic acids is 4. The highest BCUT2D eigenvalue weighted by atomic mass is 35.5. The van der Waals surface area contributed by atoms with Crippen molar-refractivity contribution in [1.82, 2.24) is 29.8 Å². The summed E-state index contributed by atoms with van der Waals surface area (Å²) in [6.07, 6.45) is -1.35. The molecule has 6 fully saturated rings. The van der Waals surface area contributed by atoms with Crippen LogP contribution in [0.15, 0.2) is 11.8 Å². The van der Waals surface area contributed by atoms with Gasteiger partial charge in [-0.2, -0.15) is 13.2 Å². The van der Waals surface area contributed by atoms with Gasteiger partial charge >= 0.3 is 12.2 Å². The predicted molar refractivity (Wildman–Crippen MR) is 169 cm³/mol. The summed E-state index contributed by atoms with van der Waals surface area (Å²) in [5.74, 6) is -3.49. The number of morpholine rings is 1. The predicted octanol–water partition coefficient (Wildman–Crippen LogP) is 2.32. The van der Waals surface area contributed by atoms with Gasteiger partial charge in [-0.25, -0.2) is 9.18 Å². The number of rotatable bonds is 6. The van der Waals surface area contributed by atoms with E-state index in [0.717, 1.165) is 37.3 Å². The zero-order valence-electron chi connectivity index (χ0n) is 27.5. The first-order valence-electron chi connectivity index (χ1n) is 17.8. The molecule has 0 spiro atoms. The molecule has 9 atom stereocenters. The van der Waals surface area contributed by atoms with Crippen LogP contribution >= 0.6 is 11.6 Å². The van der Waals surface area contributed by atoms with E-state index >= 15 is 4.39 Å². The maximum atomic E-state index is 16.4. The lowest BCUT2D eigenvalue weighted by molar-refractivity contribution is -0.212. The molecule has 3 amide bonds. The van der Waals surface area contributed by atoms with E-state index in [0.29, 0.717) is 32.4 Å². The Kier molecular flexibility index (Phi) is 9.92. The van der Waals surface area contributed by atoms with E-state index in [1.54, 1.807) is 6.20 Å². The minimum absolute atomic E-state index is 0.0335. The highest BCUT2D eigenvalue weighted by Gasteiger charge is 2.60. The number of Topliss-reactive ketones (excluding diaryl/α,β-unsaturated/α-hetero) is 2. The van der Waals surface area contributed by atoms with Crippen LogP contribution < -0.4 is 5.32 Å². The minimum Gasteiger partial charge on any atom is -0.369 e. The molecule has 11 nitrogen and oxygen atoms in total. The monoisotopic (exact) mass is 716 g/mol. The Labute approximate surface area is 288 Å². The third kappa shape index (κ3) is 6.69. The van der Waals surface area contributed by atoms with Gasteiger partial charge in [0.05, 0.1) is 35.9 Å². The van der Waals surface area contributed by atoms with Crippen molar-refractivity contribution in [2.24, 2.45) is 5.92 Å². The van der Waals surface area contributed by atoms with Gasteiger partial charge in [0, 0.05) is 63.3 Å². The second-order valence-electron chi connectivity index (χ2n) is 14.6. The Balaban J connectivity index is 1.07. The average molecular weight is 717 g/mol. The Bertz CT molecular complexity index is 1340. The zero-order chi connectivity index (χ0) is 34.6. The van der Waals surface area contributed by atoms with Crippen LogP contribution in [-0.4, -0.2) is 161 Å². The number of urea groups is 1. The van der Waals surface area contributed by atoms with Gasteiger partial charge in [-0.3, -0.25) is 19.3 Å². The zero-order valence-corrected chi connectivity index (χ0v) is 28.2. The van der Waals surface area contributed by atoms with Crippen molar-refractivity contribution in [1.29, 1.82) is 0 Å². The molecule has 2 aliphatic carbocycles. The van der Waals surface area contributed by atoms with Crippen molar-refractivity contribution in [3.05, 3.63) is 11.8 Å². The molecule has 1 N–H and O–H groups in total. The number of piperazine rings is 1. The molecule has 0 radical (unpaired) electrons. The molecule has 7 aliphatic rings. The van der Waals surface area contributed by atoms with Gasteiger partial charge < -0.3 is 29.7 Å². The first-order valence-corrected chi connectivity index (χ1v) is 18.2. The molecule has 4 saturated heterocycles. The molecule has 0 aromatic heterocycles. The lowest BCUT2D eigenvalue weighted by Crippen LogP contribution is -2.74. The van der Waals surface area contributed by atoms with Crippen molar-refractivity contribution in [3.8, 4) is 0 Å². The summed E-state index contributed by atoms with van der Waals surface area (Å²) in [4.78, 5) is 61.4. The molecule has 16 heteroatoms. The van der Waals surface area contributed by atoms with Crippen LogP contribution in [0.3, 0.4) is 0 Å². The van der Waals surface area contributed by atoms with Crippen LogP contribution in [-0.2, 0) is 19.1 Å². The van der Waals surface area contributed by atoms with Crippen LogP contribution in [0.1, 0.15) is 51.4 Å². The number of amides is 3. The third-order valence-electron chi connectivity index (χ3n) is 11.8. The standard InChI is InChI=1S/C33H45ClF4N6O5/c34-19-5-6-23-25(16-19)49-29-26-20(28(45)21(18-44(23)26)31(47)39-7-11-40-8-1-2-9-40)17-22(35)27(29)41-12-14-42(15-13-41)32(48)43-10-3-4-24(43)30(46)33(36,37)38/h18-20,22-27,29H,1-17H2,(H,39,47)/t19?,20?,22?,23?,24-,25?,26?,27?,29?/m0/s1. The summed E-state index contributed by atoms with van der Waals surface area (Å²) >= 11 is 6.58. The molecular weight excluding hydrogens is 672 g/mol. The molecule has 8 unspecified atom stereocenters. The first-order chi connectivity index (χ1) is 23.4. The van der Waals surface area contributed by atoms with Gasteiger partial charge in [0.1, 0.15) is 12.2 Å². The summed E-state index contributed by atoms with van der Waals surface area (Å²) in [6, 6.07) is -3.47. The lowest BCUT2D eigenvalue weighted by Gasteiger charge is -2.61. The first kappa shape index (κ1) is 34.9. The highest BCUT2D eigenvalue weighted by molar-refractivity contribution is 6.21. The SMILES string of the molecule is O=C(NCCN1CCCC1)C1=CN2C3CCC(Cl)CC3OC3C(N4CCN(C(=O)N5CCC[C@H]5C(=O)C(F)(F)F)CC4)C(F)CC(C1=O)C32. The molecule has 5 heterocycles. The van der Waals surface area contributed by atoms with E-state index in [1.807, 2.05) is 4.90 Å². The Morgan fingerprint density at radius 1 is 0.939 bits per heavy atom. The van der Waals surface area contributed by atoms with E-state index in [-0.39, 0.29) is 74.4 Å². The molecule has 2 saturated carbocycles. The van der Waals surface area contributed by atoms with E-state index in [9.17, 15) is 32.3 Å². The number of nitrogens with one attached hydrogen (secondary N) is 1. The van der Waals surface area contributed by atoms with Crippen LogP contribution in [0.2, 0.25) is 0 Å². The molecule has 0 aromatic carbocycles. The molecule has 0 aromatic rings. The normalized spacial score (nSPS) is 37.1. The number of ketones is 2. The minimum atomic E-state index is -5.02. The fraction of sp³-hybridized carbons (Fsp3) is 0.818. The average Bonchev–Trinajstić information content (AvgIpc) is 3.77. The Morgan fingerprint density at radius 2 is 1.67 bits per heavy atom. The van der Waals surface area contributed by atoms with E-state index in [4.69, 9.17) is 16.3 Å². The molecular formula is C33H45ClF4N6O5. The second-order valence-corrected chi connectivity index (χ2v) is 15.3. The number of halogens is 5. The van der Waals surface area contributed by atoms with Gasteiger partial charge in [0.25, 0.3) is 11.7 Å². The maximum absolute atomic E-state index is 16.4. The number of hydrogen-bond donors (Lipinski definition) is 1. The quantitative estimate of drug-likeness (QED) is 0.254. The summed E-state index contributed by atoms with van der Waals surface area (Å²) in [5, 5.41) is 2.80. The molecule has 49 heavy (non-hydrogen) atoms. The van der Waals surface area contributed by atoms with Crippen molar-refractivity contribution >= 4 is 35.1 Å². The summed E-state index contributed by atoms with van der Waals surface area (Å²) in [6.45, 7) is 3.97. The third-order valence-corrected chi connectivity index (χ3v) is 12.2. The van der Waals surface area contributed by atoms with E-state index < -0.39 is 60.2 Å². The molecule has 272 valence electrons. The van der Waals surface area contributed by atoms with Crippen LogP contribution in [0.5, 0.6) is 0 Å². The number of fused-ring (bicyclic) bond motifs is 2. The largest absolute Gasteiger partial charge is 0.452 e. The van der Waals surface area contributed by atoms with Gasteiger partial charge in [0.15, 0.2) is 5.78 Å². The summed E-state index contributed by atoms with van der Waals surface area (Å²) in [7, 11) is 0. The van der Waals surface area contributed by atoms with Crippen LogP contribution in [0.4, 0.5) is 22.4 Å². The topological polar surface area (TPSA) is 106 Å². The second kappa shape index (κ2) is 13.9. The number of carbonyl (C=O) groups is 4. The van der Waals surface area contributed by atoms with Gasteiger partial charge in [-0.05, 0) is 64.5 Å². The Hall–Kier alpha value is -2.49. The number of hydrogen-bond acceptors (Lipinski definition) is 8. The van der Waals surface area contributed by atoms with Gasteiger partial charge in [-0.15, -0.1) is 11.6 Å². The number of ether oxygens (including phenoxy) is 1. The fourth-order valence-electron chi connectivity index (χ4n) is 9.41. The summed E-state index contributed by atoms with van der Waals surface area (Å²) in [5.41, 5.74) is 0.0528. The van der Waals surface area contributed by atoms with Gasteiger partial charge in [0.2, 0.25) is 0 Å².